The van der Waals surface area contributed by atoms with E-state index in [1.54, 1.807) is 0 Å². The molecule has 1 aliphatic rings. The highest BCUT2D eigenvalue weighted by Gasteiger charge is 2.20. The lowest BCUT2D eigenvalue weighted by atomic mass is 9.99. The summed E-state index contributed by atoms with van der Waals surface area (Å²) in [5.41, 5.74) is 2.70. The van der Waals surface area contributed by atoms with Gasteiger partial charge in [0.25, 0.3) is 0 Å². The van der Waals surface area contributed by atoms with Crippen LogP contribution in [0, 0.1) is 6.92 Å². The lowest BCUT2D eigenvalue weighted by Crippen LogP contribution is -2.18. The first-order valence-electron chi connectivity index (χ1n) is 4.05. The molecule has 0 N–H and O–H groups in total. The Morgan fingerprint density at radius 1 is 1.36 bits per heavy atom. The van der Waals surface area contributed by atoms with Gasteiger partial charge in [-0.25, -0.2) is 0 Å². The van der Waals surface area contributed by atoms with Gasteiger partial charge in [-0.05, 0) is 18.1 Å². The van der Waals surface area contributed by atoms with Crippen molar-refractivity contribution in [1.82, 2.24) is 0 Å². The summed E-state index contributed by atoms with van der Waals surface area (Å²) in [6, 6.07) is 8.43. The fraction of sp³-hybridized carbons (Fsp3) is 0.400. The van der Waals surface area contributed by atoms with E-state index >= 15 is 0 Å². The van der Waals surface area contributed by atoms with Gasteiger partial charge in [-0.1, -0.05) is 24.3 Å². The third-order valence-electron chi connectivity index (χ3n) is 2.23. The largest absolute Gasteiger partial charge is 0.373 e. The summed E-state index contributed by atoms with van der Waals surface area (Å²) in [4.78, 5) is 0. The molecule has 0 aliphatic carbocycles. The third kappa shape index (κ3) is 1.16. The first-order chi connectivity index (χ1) is 5.38. The minimum atomic E-state index is 0.385. The second kappa shape index (κ2) is 2.67. The highest BCUT2D eigenvalue weighted by Crippen LogP contribution is 2.30. The van der Waals surface area contributed by atoms with Crippen molar-refractivity contribution in [2.75, 3.05) is 6.61 Å². The van der Waals surface area contributed by atoms with Gasteiger partial charge in [0.2, 0.25) is 0 Å². The molecule has 0 saturated carbocycles. The van der Waals surface area contributed by atoms with Crippen LogP contribution in [-0.4, -0.2) is 6.61 Å². The van der Waals surface area contributed by atoms with E-state index in [1.807, 2.05) is 0 Å². The smallest absolute Gasteiger partial charge is 0.0849 e. The average molecular weight is 148 g/mol. The van der Waals surface area contributed by atoms with Gasteiger partial charge in [-0.15, -0.1) is 0 Å². The van der Waals surface area contributed by atoms with Crippen molar-refractivity contribution in [3.8, 4) is 0 Å². The SMILES string of the molecule is Cc1ccccc1C1CCO1. The zero-order valence-electron chi connectivity index (χ0n) is 6.71. The number of ether oxygens (including phenoxy) is 1. The molecule has 0 aromatic heterocycles. The van der Waals surface area contributed by atoms with Crippen molar-refractivity contribution in [3.05, 3.63) is 35.4 Å². The molecule has 1 heterocycles. The predicted octanol–water partition coefficient (Wildman–Crippen LogP) is 2.46. The molecule has 58 valence electrons. The molecule has 2 rings (SSSR count). The van der Waals surface area contributed by atoms with Gasteiger partial charge >= 0.3 is 0 Å². The molecule has 0 radical (unpaired) electrons. The lowest BCUT2D eigenvalue weighted by molar-refractivity contribution is -0.0530. The van der Waals surface area contributed by atoms with Crippen molar-refractivity contribution in [2.45, 2.75) is 19.4 Å². The second-order valence-electron chi connectivity index (χ2n) is 3.00. The molecule has 1 aromatic carbocycles. The second-order valence-corrected chi connectivity index (χ2v) is 3.00. The average Bonchev–Trinajstić information content (AvgIpc) is 1.90. The van der Waals surface area contributed by atoms with E-state index in [-0.39, 0.29) is 0 Å². The Hall–Kier alpha value is -0.820. The van der Waals surface area contributed by atoms with Gasteiger partial charge in [-0.2, -0.15) is 0 Å². The Bertz CT molecular complexity index is 251. The van der Waals surface area contributed by atoms with Gasteiger partial charge < -0.3 is 4.74 Å². The first kappa shape index (κ1) is 6.86. The van der Waals surface area contributed by atoms with Crippen molar-refractivity contribution in [1.29, 1.82) is 0 Å². The molecule has 1 saturated heterocycles. The van der Waals surface area contributed by atoms with E-state index < -0.39 is 0 Å². The van der Waals surface area contributed by atoms with Gasteiger partial charge in [0.1, 0.15) is 0 Å². The van der Waals surface area contributed by atoms with Crippen molar-refractivity contribution < 1.29 is 4.74 Å². The molecule has 11 heavy (non-hydrogen) atoms. The maximum Gasteiger partial charge on any atom is 0.0849 e. The normalized spacial score (nSPS) is 22.8. The minimum absolute atomic E-state index is 0.385. The van der Waals surface area contributed by atoms with Gasteiger partial charge in [0.15, 0.2) is 0 Å². The first-order valence-corrected chi connectivity index (χ1v) is 4.05. The number of benzene rings is 1. The van der Waals surface area contributed by atoms with Crippen LogP contribution in [0.2, 0.25) is 0 Å². The summed E-state index contributed by atoms with van der Waals surface area (Å²) < 4.78 is 5.40. The third-order valence-corrected chi connectivity index (χ3v) is 2.23. The van der Waals surface area contributed by atoms with Gasteiger partial charge in [-0.3, -0.25) is 0 Å². The zero-order valence-corrected chi connectivity index (χ0v) is 6.71. The van der Waals surface area contributed by atoms with E-state index in [2.05, 4.69) is 31.2 Å². The van der Waals surface area contributed by atoms with Crippen LogP contribution in [0.3, 0.4) is 0 Å². The van der Waals surface area contributed by atoms with Crippen molar-refractivity contribution in [2.24, 2.45) is 0 Å². The molecule has 0 spiro atoms. The maximum atomic E-state index is 5.40. The summed E-state index contributed by atoms with van der Waals surface area (Å²) in [6.07, 6.45) is 1.57. The Kier molecular flexibility index (Phi) is 1.66. The predicted molar refractivity (Wildman–Crippen MR) is 44.5 cm³/mol. The van der Waals surface area contributed by atoms with E-state index in [0.29, 0.717) is 6.10 Å². The monoisotopic (exact) mass is 148 g/mol. The number of aryl methyl sites for hydroxylation is 1. The fourth-order valence-electron chi connectivity index (χ4n) is 1.43. The van der Waals surface area contributed by atoms with E-state index in [9.17, 15) is 0 Å². The molecule has 1 aliphatic heterocycles. The quantitative estimate of drug-likeness (QED) is 0.594. The molecular weight excluding hydrogens is 136 g/mol. The van der Waals surface area contributed by atoms with Gasteiger partial charge in [0.05, 0.1) is 12.7 Å². The van der Waals surface area contributed by atoms with E-state index in [0.717, 1.165) is 6.61 Å². The lowest BCUT2D eigenvalue weighted by Gasteiger charge is -2.27. The summed E-state index contributed by atoms with van der Waals surface area (Å²) in [5, 5.41) is 0. The van der Waals surface area contributed by atoms with Crippen LogP contribution in [0.5, 0.6) is 0 Å². The highest BCUT2D eigenvalue weighted by atomic mass is 16.5. The Balaban J connectivity index is 2.28. The summed E-state index contributed by atoms with van der Waals surface area (Å²) in [7, 11) is 0. The van der Waals surface area contributed by atoms with Crippen LogP contribution in [0.15, 0.2) is 24.3 Å². The molecule has 0 amide bonds. The summed E-state index contributed by atoms with van der Waals surface area (Å²) in [5.74, 6) is 0. The standard InChI is InChI=1S/C10H12O/c1-8-4-2-3-5-9(8)10-6-7-11-10/h2-5,10H,6-7H2,1H3. The maximum absolute atomic E-state index is 5.40. The minimum Gasteiger partial charge on any atom is -0.373 e. The molecule has 1 unspecified atom stereocenters. The Morgan fingerprint density at radius 3 is 2.64 bits per heavy atom. The summed E-state index contributed by atoms with van der Waals surface area (Å²) in [6.45, 7) is 3.07. The van der Waals surface area contributed by atoms with E-state index in [1.165, 1.54) is 17.5 Å². The molecule has 1 atom stereocenters. The molecule has 1 heteroatoms. The Morgan fingerprint density at radius 2 is 2.09 bits per heavy atom. The molecular formula is C10H12O. The van der Waals surface area contributed by atoms with Crippen LogP contribution in [0.25, 0.3) is 0 Å². The van der Waals surface area contributed by atoms with Crippen LogP contribution >= 0.6 is 0 Å². The zero-order chi connectivity index (χ0) is 7.68. The molecule has 1 fully saturated rings. The van der Waals surface area contributed by atoms with Crippen LogP contribution in [0.4, 0.5) is 0 Å². The summed E-state index contributed by atoms with van der Waals surface area (Å²) >= 11 is 0. The molecule has 1 aromatic rings. The highest BCUT2D eigenvalue weighted by molar-refractivity contribution is 5.28. The fourth-order valence-corrected chi connectivity index (χ4v) is 1.43. The van der Waals surface area contributed by atoms with Crippen molar-refractivity contribution in [3.63, 3.8) is 0 Å². The number of hydrogen-bond donors (Lipinski definition) is 0. The van der Waals surface area contributed by atoms with Crippen molar-refractivity contribution >= 4 is 0 Å². The number of rotatable bonds is 1. The topological polar surface area (TPSA) is 9.23 Å². The number of hydrogen-bond acceptors (Lipinski definition) is 1. The molecule has 0 bridgehead atoms. The van der Waals surface area contributed by atoms with Crippen LogP contribution in [0.1, 0.15) is 23.7 Å². The van der Waals surface area contributed by atoms with Crippen LogP contribution in [-0.2, 0) is 4.74 Å². The van der Waals surface area contributed by atoms with Gasteiger partial charge in [0, 0.05) is 6.42 Å². The molecule has 1 nitrogen and oxygen atoms in total. The van der Waals surface area contributed by atoms with E-state index in [4.69, 9.17) is 4.74 Å². The van der Waals surface area contributed by atoms with Crippen LogP contribution < -0.4 is 0 Å². The Labute approximate surface area is 67.0 Å².